The number of carbonyl (C=O) groups is 2. The fourth-order valence-corrected chi connectivity index (χ4v) is 3.80. The van der Waals surface area contributed by atoms with E-state index in [0.717, 1.165) is 29.7 Å². The van der Waals surface area contributed by atoms with Gasteiger partial charge in [0.05, 0.1) is 7.11 Å². The smallest absolute Gasteiger partial charge is 0.328 e. The maximum Gasteiger partial charge on any atom is 0.328 e. The second-order valence-corrected chi connectivity index (χ2v) is 7.62. The molecule has 5 heteroatoms. The van der Waals surface area contributed by atoms with Crippen LogP contribution in [0.4, 0.5) is 0 Å². The normalized spacial score (nSPS) is 14.9. The first-order chi connectivity index (χ1) is 14.1. The summed E-state index contributed by atoms with van der Waals surface area (Å²) >= 11 is 0. The number of hydrogen-bond donors (Lipinski definition) is 1. The Kier molecular flexibility index (Phi) is 7.68. The first kappa shape index (κ1) is 20.9. The maximum atomic E-state index is 12.4. The molecular formula is C24H29NO4. The van der Waals surface area contributed by atoms with Gasteiger partial charge in [-0.2, -0.15) is 0 Å². The highest BCUT2D eigenvalue weighted by Gasteiger charge is 2.25. The Morgan fingerprint density at radius 1 is 1.03 bits per heavy atom. The van der Waals surface area contributed by atoms with E-state index in [1.807, 2.05) is 54.6 Å². The lowest BCUT2D eigenvalue weighted by molar-refractivity contribution is -0.145. The van der Waals surface area contributed by atoms with Crippen LogP contribution in [0.1, 0.15) is 43.2 Å². The molecule has 2 aromatic carbocycles. The number of benzene rings is 2. The number of hydrogen-bond acceptors (Lipinski definition) is 4. The number of esters is 1. The summed E-state index contributed by atoms with van der Waals surface area (Å²) in [6.07, 6.45) is 5.41. The average molecular weight is 395 g/mol. The van der Waals surface area contributed by atoms with E-state index in [1.165, 1.54) is 20.0 Å². The van der Waals surface area contributed by atoms with E-state index < -0.39 is 12.0 Å². The summed E-state index contributed by atoms with van der Waals surface area (Å²) in [6, 6.07) is 16.9. The molecule has 1 atom stereocenters. The number of nitrogens with one attached hydrogen (secondary N) is 1. The van der Waals surface area contributed by atoms with Gasteiger partial charge in [0.1, 0.15) is 18.4 Å². The Balaban J connectivity index is 1.59. The van der Waals surface area contributed by atoms with Gasteiger partial charge >= 0.3 is 5.97 Å². The molecule has 0 unspecified atom stereocenters. The molecule has 1 aliphatic rings. The Labute approximate surface area is 172 Å². The van der Waals surface area contributed by atoms with E-state index in [9.17, 15) is 9.59 Å². The predicted molar refractivity (Wildman–Crippen MR) is 111 cm³/mol. The van der Waals surface area contributed by atoms with Crippen LogP contribution in [-0.4, -0.2) is 25.0 Å². The minimum atomic E-state index is -0.696. The van der Waals surface area contributed by atoms with Crippen molar-refractivity contribution in [1.82, 2.24) is 5.32 Å². The first-order valence-corrected chi connectivity index (χ1v) is 10.3. The molecule has 1 N–H and O–H groups in total. The molecule has 0 radical (unpaired) electrons. The van der Waals surface area contributed by atoms with Crippen molar-refractivity contribution in [2.24, 2.45) is 5.92 Å². The zero-order valence-corrected chi connectivity index (χ0v) is 16.9. The summed E-state index contributed by atoms with van der Waals surface area (Å²) in [6.45, 7) is 0.475. The Hall–Kier alpha value is -2.82. The number of rotatable bonds is 9. The number of amides is 1. The average Bonchev–Trinajstić information content (AvgIpc) is 3.25. The van der Waals surface area contributed by atoms with Crippen molar-refractivity contribution >= 4 is 11.9 Å². The molecule has 154 valence electrons. The zero-order chi connectivity index (χ0) is 20.5. The van der Waals surface area contributed by atoms with Crippen LogP contribution in [0.5, 0.6) is 5.75 Å². The van der Waals surface area contributed by atoms with Crippen LogP contribution in [-0.2, 0) is 27.4 Å². The third-order valence-electron chi connectivity index (χ3n) is 5.36. The molecule has 2 aromatic rings. The molecule has 1 aliphatic carbocycles. The quantitative estimate of drug-likeness (QED) is 0.651. The van der Waals surface area contributed by atoms with Crippen LogP contribution in [0.3, 0.4) is 0 Å². The molecule has 29 heavy (non-hydrogen) atoms. The molecule has 5 nitrogen and oxygen atoms in total. The van der Waals surface area contributed by atoms with Gasteiger partial charge < -0.3 is 14.8 Å². The van der Waals surface area contributed by atoms with Crippen LogP contribution >= 0.6 is 0 Å². The van der Waals surface area contributed by atoms with Crippen molar-refractivity contribution in [3.05, 3.63) is 65.7 Å². The molecule has 0 saturated heterocycles. The van der Waals surface area contributed by atoms with Gasteiger partial charge in [0.15, 0.2) is 0 Å². The number of carbonyl (C=O) groups excluding carboxylic acids is 2. The summed E-state index contributed by atoms with van der Waals surface area (Å²) in [5, 5.41) is 2.87. The maximum absolute atomic E-state index is 12.4. The lowest BCUT2D eigenvalue weighted by atomic mass is 10.0. The van der Waals surface area contributed by atoms with Gasteiger partial charge in [0.25, 0.3) is 0 Å². The third kappa shape index (κ3) is 6.63. The van der Waals surface area contributed by atoms with Crippen molar-refractivity contribution in [3.8, 4) is 5.75 Å². The largest absolute Gasteiger partial charge is 0.489 e. The van der Waals surface area contributed by atoms with Crippen LogP contribution in [0.15, 0.2) is 54.6 Å². The Morgan fingerprint density at radius 2 is 1.76 bits per heavy atom. The molecule has 0 bridgehead atoms. The van der Waals surface area contributed by atoms with Gasteiger partial charge in [-0.3, -0.25) is 4.79 Å². The Morgan fingerprint density at radius 3 is 2.48 bits per heavy atom. The van der Waals surface area contributed by atoms with Gasteiger partial charge in [-0.05, 0) is 42.0 Å². The topological polar surface area (TPSA) is 64.6 Å². The van der Waals surface area contributed by atoms with Crippen LogP contribution in [0.2, 0.25) is 0 Å². The molecular weight excluding hydrogens is 366 g/mol. The molecule has 0 aliphatic heterocycles. The van der Waals surface area contributed by atoms with E-state index >= 15 is 0 Å². The number of methoxy groups -OCH3 is 1. The SMILES string of the molecule is COC(=O)[C@@H](Cc1cccc(OCc2ccccc2)c1)NC(=O)CC1CCCC1. The van der Waals surface area contributed by atoms with E-state index in [2.05, 4.69) is 5.32 Å². The van der Waals surface area contributed by atoms with E-state index in [4.69, 9.17) is 9.47 Å². The highest BCUT2D eigenvalue weighted by molar-refractivity contribution is 5.84. The van der Waals surface area contributed by atoms with Gasteiger partial charge in [0.2, 0.25) is 5.91 Å². The van der Waals surface area contributed by atoms with Crippen molar-refractivity contribution < 1.29 is 19.1 Å². The van der Waals surface area contributed by atoms with Gasteiger partial charge in [0, 0.05) is 12.8 Å². The van der Waals surface area contributed by atoms with Gasteiger partial charge in [-0.25, -0.2) is 4.79 Å². The zero-order valence-electron chi connectivity index (χ0n) is 16.9. The van der Waals surface area contributed by atoms with Crippen molar-refractivity contribution in [1.29, 1.82) is 0 Å². The lowest BCUT2D eigenvalue weighted by Gasteiger charge is -2.18. The van der Waals surface area contributed by atoms with E-state index in [-0.39, 0.29) is 5.91 Å². The molecule has 1 amide bonds. The second-order valence-electron chi connectivity index (χ2n) is 7.62. The summed E-state index contributed by atoms with van der Waals surface area (Å²) in [5.74, 6) is 0.652. The van der Waals surface area contributed by atoms with Crippen molar-refractivity contribution in [2.45, 2.75) is 51.2 Å². The van der Waals surface area contributed by atoms with E-state index in [1.54, 1.807) is 0 Å². The minimum Gasteiger partial charge on any atom is -0.489 e. The number of ether oxygens (including phenoxy) is 2. The molecule has 1 saturated carbocycles. The summed E-state index contributed by atoms with van der Waals surface area (Å²) in [5.41, 5.74) is 2.00. The fraction of sp³-hybridized carbons (Fsp3) is 0.417. The third-order valence-corrected chi connectivity index (χ3v) is 5.36. The molecule has 0 aromatic heterocycles. The predicted octanol–water partition coefficient (Wildman–Crippen LogP) is 4.05. The first-order valence-electron chi connectivity index (χ1n) is 10.3. The molecule has 0 spiro atoms. The monoisotopic (exact) mass is 395 g/mol. The molecule has 1 fully saturated rings. The summed E-state index contributed by atoms with van der Waals surface area (Å²) in [7, 11) is 1.35. The molecule has 0 heterocycles. The lowest BCUT2D eigenvalue weighted by Crippen LogP contribution is -2.43. The van der Waals surface area contributed by atoms with E-state index in [0.29, 0.717) is 25.4 Å². The van der Waals surface area contributed by atoms with Crippen molar-refractivity contribution in [3.63, 3.8) is 0 Å². The van der Waals surface area contributed by atoms with Crippen molar-refractivity contribution in [2.75, 3.05) is 7.11 Å². The standard InChI is InChI=1S/C24H29NO4/c1-28-24(27)22(25-23(26)16-18-8-5-6-9-18)15-20-12-7-13-21(14-20)29-17-19-10-3-2-4-11-19/h2-4,7,10-14,18,22H,5-6,8-9,15-17H2,1H3,(H,25,26)/t22-/m1/s1. The summed E-state index contributed by atoms with van der Waals surface area (Å²) in [4.78, 5) is 24.6. The Bertz CT molecular complexity index is 800. The van der Waals surface area contributed by atoms with Crippen LogP contribution in [0, 0.1) is 5.92 Å². The summed E-state index contributed by atoms with van der Waals surface area (Å²) < 4.78 is 10.8. The van der Waals surface area contributed by atoms with Gasteiger partial charge in [-0.15, -0.1) is 0 Å². The van der Waals surface area contributed by atoms with Crippen LogP contribution < -0.4 is 10.1 Å². The van der Waals surface area contributed by atoms with Crippen LogP contribution in [0.25, 0.3) is 0 Å². The minimum absolute atomic E-state index is 0.0798. The highest BCUT2D eigenvalue weighted by Crippen LogP contribution is 2.27. The van der Waals surface area contributed by atoms with Gasteiger partial charge in [-0.1, -0.05) is 55.3 Å². The highest BCUT2D eigenvalue weighted by atomic mass is 16.5. The molecule has 3 rings (SSSR count). The second kappa shape index (κ2) is 10.6. The fourth-order valence-electron chi connectivity index (χ4n) is 3.80.